The van der Waals surface area contributed by atoms with Crippen molar-refractivity contribution in [1.29, 1.82) is 0 Å². The number of carbonyl (C=O) groups is 1. The van der Waals surface area contributed by atoms with Gasteiger partial charge in [-0.25, -0.2) is 9.80 Å². The third kappa shape index (κ3) is 1.34. The van der Waals surface area contributed by atoms with Gasteiger partial charge in [0, 0.05) is 7.05 Å². The molecule has 11 heavy (non-hydrogen) atoms. The molecule has 0 aromatic rings. The Morgan fingerprint density at radius 3 is 2.55 bits per heavy atom. The highest BCUT2D eigenvalue weighted by molar-refractivity contribution is 5.97. The molecule has 4 heteroatoms. The van der Waals surface area contributed by atoms with E-state index in [2.05, 4.69) is 10.4 Å². The van der Waals surface area contributed by atoms with Gasteiger partial charge in [0.25, 0.3) is 0 Å². The van der Waals surface area contributed by atoms with Gasteiger partial charge in [-0.2, -0.15) is 5.10 Å². The average Bonchev–Trinajstić information content (AvgIpc) is 1.83. The lowest BCUT2D eigenvalue weighted by Gasteiger charge is -2.33. The summed E-state index contributed by atoms with van der Waals surface area (Å²) in [6, 6.07) is -0.152. The molecule has 1 heterocycles. The van der Waals surface area contributed by atoms with E-state index in [0.717, 1.165) is 5.71 Å². The number of nitrogens with zero attached hydrogens (tertiary/aromatic N) is 2. The highest BCUT2D eigenvalue weighted by Crippen LogP contribution is 2.11. The third-order valence-corrected chi connectivity index (χ3v) is 1.92. The van der Waals surface area contributed by atoms with E-state index >= 15 is 0 Å². The van der Waals surface area contributed by atoms with Crippen LogP contribution in [0.15, 0.2) is 5.10 Å². The molecular formula is C7H13N3O. The molecule has 0 aliphatic carbocycles. The molecule has 0 atom stereocenters. The van der Waals surface area contributed by atoms with Gasteiger partial charge in [0.2, 0.25) is 0 Å². The lowest BCUT2D eigenvalue weighted by atomic mass is 9.99. The van der Waals surface area contributed by atoms with Crippen molar-refractivity contribution in [3.05, 3.63) is 0 Å². The second-order valence-electron chi connectivity index (χ2n) is 3.26. The van der Waals surface area contributed by atoms with Gasteiger partial charge in [0.15, 0.2) is 0 Å². The Kier molecular flexibility index (Phi) is 1.62. The molecule has 62 valence electrons. The monoisotopic (exact) mass is 155 g/mol. The first-order valence-corrected chi connectivity index (χ1v) is 3.55. The van der Waals surface area contributed by atoms with Gasteiger partial charge >= 0.3 is 6.03 Å². The third-order valence-electron chi connectivity index (χ3n) is 1.92. The van der Waals surface area contributed by atoms with Crippen LogP contribution in [0.1, 0.15) is 20.8 Å². The minimum atomic E-state index is -0.302. The summed E-state index contributed by atoms with van der Waals surface area (Å²) in [4.78, 5) is 11.1. The quantitative estimate of drug-likeness (QED) is 0.552. The first-order chi connectivity index (χ1) is 4.93. The summed E-state index contributed by atoms with van der Waals surface area (Å²) >= 11 is 0. The van der Waals surface area contributed by atoms with Crippen LogP contribution in [0.4, 0.5) is 4.79 Å². The maximum atomic E-state index is 11.1. The fourth-order valence-corrected chi connectivity index (χ4v) is 0.834. The van der Waals surface area contributed by atoms with E-state index in [0.29, 0.717) is 0 Å². The van der Waals surface area contributed by atoms with Crippen LogP contribution in [-0.2, 0) is 0 Å². The number of nitrogens with one attached hydrogen (secondary N) is 1. The molecule has 1 aliphatic heterocycles. The fraction of sp³-hybridized carbons (Fsp3) is 0.714. The van der Waals surface area contributed by atoms with E-state index in [4.69, 9.17) is 0 Å². The predicted molar refractivity (Wildman–Crippen MR) is 43.5 cm³/mol. The summed E-state index contributed by atoms with van der Waals surface area (Å²) in [7, 11) is 1.63. The minimum absolute atomic E-state index is 0.152. The van der Waals surface area contributed by atoms with Crippen molar-refractivity contribution in [3.63, 3.8) is 0 Å². The molecule has 2 amide bonds. The largest absolute Gasteiger partial charge is 0.338 e. The number of hydrazone groups is 1. The van der Waals surface area contributed by atoms with E-state index in [1.165, 1.54) is 5.01 Å². The van der Waals surface area contributed by atoms with Crippen LogP contribution in [0.5, 0.6) is 0 Å². The molecule has 1 aliphatic rings. The lowest BCUT2D eigenvalue weighted by molar-refractivity contribution is 0.198. The Morgan fingerprint density at radius 1 is 1.55 bits per heavy atom. The SMILES string of the molecule is CC1=NN(C)C(=O)NC1(C)C. The summed E-state index contributed by atoms with van der Waals surface area (Å²) in [6.45, 7) is 5.75. The number of carbonyl (C=O) groups excluding carboxylic acids is 1. The molecule has 0 saturated heterocycles. The normalized spacial score (nSPS) is 22.7. The van der Waals surface area contributed by atoms with E-state index in [1.807, 2.05) is 20.8 Å². The zero-order valence-electron chi connectivity index (χ0n) is 7.30. The Morgan fingerprint density at radius 2 is 2.09 bits per heavy atom. The summed E-state index contributed by atoms with van der Waals surface area (Å²) in [5, 5.41) is 8.17. The van der Waals surface area contributed by atoms with Crippen LogP contribution in [0, 0.1) is 0 Å². The van der Waals surface area contributed by atoms with Gasteiger partial charge in [-0.05, 0) is 20.8 Å². The molecule has 1 rings (SSSR count). The zero-order chi connectivity index (χ0) is 8.65. The molecular weight excluding hydrogens is 142 g/mol. The van der Waals surface area contributed by atoms with Gasteiger partial charge in [-0.3, -0.25) is 0 Å². The number of rotatable bonds is 0. The van der Waals surface area contributed by atoms with Crippen molar-refractivity contribution < 1.29 is 4.79 Å². The highest BCUT2D eigenvalue weighted by atomic mass is 16.2. The Balaban J connectivity index is 2.95. The molecule has 0 saturated carbocycles. The van der Waals surface area contributed by atoms with Crippen LogP contribution < -0.4 is 5.32 Å². The standard InChI is InChI=1S/C7H13N3O/c1-5-7(2,3)8-6(11)10(4)9-5/h1-4H3,(H,8,11). The zero-order valence-corrected chi connectivity index (χ0v) is 7.30. The van der Waals surface area contributed by atoms with Gasteiger partial charge in [-0.15, -0.1) is 0 Å². The van der Waals surface area contributed by atoms with Crippen molar-refractivity contribution in [3.8, 4) is 0 Å². The second kappa shape index (κ2) is 2.22. The summed E-state index contributed by atoms with van der Waals surface area (Å²) < 4.78 is 0. The maximum absolute atomic E-state index is 11.1. The van der Waals surface area contributed by atoms with Crippen molar-refractivity contribution in [2.24, 2.45) is 5.10 Å². The van der Waals surface area contributed by atoms with Crippen molar-refractivity contribution >= 4 is 11.7 Å². The number of amides is 2. The number of hydrogen-bond donors (Lipinski definition) is 1. The van der Waals surface area contributed by atoms with E-state index < -0.39 is 0 Å². The predicted octanol–water partition coefficient (Wildman–Crippen LogP) is 0.796. The van der Waals surface area contributed by atoms with Gasteiger partial charge < -0.3 is 5.32 Å². The van der Waals surface area contributed by atoms with Gasteiger partial charge in [0.05, 0.1) is 11.3 Å². The van der Waals surface area contributed by atoms with Crippen LogP contribution in [0.25, 0.3) is 0 Å². The molecule has 0 bridgehead atoms. The fourth-order valence-electron chi connectivity index (χ4n) is 0.834. The first-order valence-electron chi connectivity index (χ1n) is 3.55. The second-order valence-corrected chi connectivity index (χ2v) is 3.26. The summed E-state index contributed by atoms with van der Waals surface area (Å²) in [5.41, 5.74) is 0.614. The van der Waals surface area contributed by atoms with E-state index in [9.17, 15) is 4.79 Å². The summed E-state index contributed by atoms with van der Waals surface area (Å²) in [6.07, 6.45) is 0. The Bertz CT molecular complexity index is 220. The van der Waals surface area contributed by atoms with Crippen molar-refractivity contribution in [1.82, 2.24) is 10.3 Å². The smallest absolute Gasteiger partial charge is 0.326 e. The van der Waals surface area contributed by atoms with E-state index in [-0.39, 0.29) is 11.6 Å². The molecule has 0 spiro atoms. The summed E-state index contributed by atoms with van der Waals surface area (Å²) in [5.74, 6) is 0. The number of urea groups is 1. The van der Waals surface area contributed by atoms with Crippen LogP contribution in [0.2, 0.25) is 0 Å². The Hall–Kier alpha value is -1.06. The molecule has 1 N–H and O–H groups in total. The molecule has 0 fully saturated rings. The van der Waals surface area contributed by atoms with E-state index in [1.54, 1.807) is 7.05 Å². The molecule has 0 aromatic carbocycles. The molecule has 4 nitrogen and oxygen atoms in total. The minimum Gasteiger partial charge on any atom is -0.326 e. The van der Waals surface area contributed by atoms with Gasteiger partial charge in [-0.1, -0.05) is 0 Å². The first kappa shape index (κ1) is 8.04. The van der Waals surface area contributed by atoms with Gasteiger partial charge in [0.1, 0.15) is 0 Å². The highest BCUT2D eigenvalue weighted by Gasteiger charge is 2.30. The van der Waals surface area contributed by atoms with Crippen LogP contribution in [0.3, 0.4) is 0 Å². The maximum Gasteiger partial charge on any atom is 0.338 e. The molecule has 0 aromatic heterocycles. The van der Waals surface area contributed by atoms with Crippen LogP contribution >= 0.6 is 0 Å². The average molecular weight is 155 g/mol. The lowest BCUT2D eigenvalue weighted by Crippen LogP contribution is -2.56. The van der Waals surface area contributed by atoms with Crippen molar-refractivity contribution in [2.45, 2.75) is 26.3 Å². The number of hydrogen-bond acceptors (Lipinski definition) is 2. The molecule has 0 unspecified atom stereocenters. The van der Waals surface area contributed by atoms with Crippen LogP contribution in [-0.4, -0.2) is 29.3 Å². The molecule has 0 radical (unpaired) electrons. The topological polar surface area (TPSA) is 44.7 Å². The van der Waals surface area contributed by atoms with Crippen molar-refractivity contribution in [2.75, 3.05) is 7.05 Å². The Labute approximate surface area is 66.3 Å².